The van der Waals surface area contributed by atoms with Crippen molar-refractivity contribution in [3.8, 4) is 0 Å². The Bertz CT molecular complexity index is 905. The molecule has 7 heteroatoms. The molecule has 1 saturated heterocycles. The first kappa shape index (κ1) is 21.2. The van der Waals surface area contributed by atoms with Crippen LogP contribution in [0.1, 0.15) is 18.9 Å². The molecular weight excluding hydrogens is 409 g/mol. The molecule has 0 saturated carbocycles. The maximum atomic E-state index is 12.2. The van der Waals surface area contributed by atoms with Gasteiger partial charge in [0.2, 0.25) is 11.8 Å². The summed E-state index contributed by atoms with van der Waals surface area (Å²) < 4.78 is 0. The first-order valence-corrected chi connectivity index (χ1v) is 10.3. The summed E-state index contributed by atoms with van der Waals surface area (Å²) in [6.07, 6.45) is 3.64. The molecule has 0 aliphatic carbocycles. The van der Waals surface area contributed by atoms with Crippen LogP contribution in [-0.4, -0.2) is 42.9 Å². The molecule has 0 bridgehead atoms. The summed E-state index contributed by atoms with van der Waals surface area (Å²) in [5.74, 6) is -0.0360. The fraction of sp³-hybridized carbons (Fsp3) is 0.273. The van der Waals surface area contributed by atoms with Gasteiger partial charge in [-0.2, -0.15) is 0 Å². The minimum atomic E-state index is -0.240. The maximum Gasteiger partial charge on any atom is 0.248 e. The van der Waals surface area contributed by atoms with E-state index in [0.29, 0.717) is 22.2 Å². The molecule has 2 aromatic rings. The van der Waals surface area contributed by atoms with Crippen molar-refractivity contribution in [3.63, 3.8) is 0 Å². The van der Waals surface area contributed by atoms with E-state index in [2.05, 4.69) is 10.2 Å². The van der Waals surface area contributed by atoms with Gasteiger partial charge in [-0.25, -0.2) is 0 Å². The van der Waals surface area contributed by atoms with Crippen molar-refractivity contribution >= 4 is 52.5 Å². The summed E-state index contributed by atoms with van der Waals surface area (Å²) in [4.78, 5) is 28.1. The highest BCUT2D eigenvalue weighted by Gasteiger charge is 2.19. The Balaban J connectivity index is 1.54. The maximum absolute atomic E-state index is 12.2. The number of anilines is 2. The Morgan fingerprint density at radius 1 is 1.03 bits per heavy atom. The van der Waals surface area contributed by atoms with Gasteiger partial charge in [0.15, 0.2) is 0 Å². The van der Waals surface area contributed by atoms with E-state index < -0.39 is 0 Å². The lowest BCUT2D eigenvalue weighted by atomic mass is 10.2. The van der Waals surface area contributed by atoms with Crippen molar-refractivity contribution < 1.29 is 9.59 Å². The number of carbonyl (C=O) groups excluding carboxylic acids is 2. The molecule has 0 radical (unpaired) electrons. The lowest BCUT2D eigenvalue weighted by Crippen LogP contribution is -2.48. The molecule has 0 unspecified atom stereocenters. The lowest BCUT2D eigenvalue weighted by molar-refractivity contribution is -0.131. The van der Waals surface area contributed by atoms with E-state index in [1.54, 1.807) is 24.3 Å². The molecule has 1 N–H and O–H groups in total. The van der Waals surface area contributed by atoms with Gasteiger partial charge in [-0.3, -0.25) is 9.59 Å². The Morgan fingerprint density at radius 3 is 2.34 bits per heavy atom. The van der Waals surface area contributed by atoms with Gasteiger partial charge in [-0.05, 0) is 48.0 Å². The van der Waals surface area contributed by atoms with Crippen molar-refractivity contribution in [2.24, 2.45) is 0 Å². The monoisotopic (exact) mass is 431 g/mol. The average molecular weight is 432 g/mol. The standard InChI is InChI=1S/C22H23Cl2N3O2/c1-2-22(29)27-13-11-26(12-14-27)19-8-6-18(7-9-19)25-21(28)10-4-16-3-5-17(23)15-20(16)24/h3-10,15H,2,11-14H2,1H3,(H,25,28)/b10-4+. The smallest absolute Gasteiger partial charge is 0.248 e. The third-order valence-electron chi connectivity index (χ3n) is 4.81. The number of nitrogens with zero attached hydrogens (tertiary/aromatic N) is 2. The minimum Gasteiger partial charge on any atom is -0.368 e. The second kappa shape index (κ2) is 9.81. The number of benzene rings is 2. The minimum absolute atomic E-state index is 0.204. The predicted molar refractivity (Wildman–Crippen MR) is 120 cm³/mol. The van der Waals surface area contributed by atoms with Crippen molar-refractivity contribution in [3.05, 3.63) is 64.1 Å². The molecule has 3 rings (SSSR count). The summed E-state index contributed by atoms with van der Waals surface area (Å²) in [7, 11) is 0. The van der Waals surface area contributed by atoms with Crippen LogP contribution in [0.5, 0.6) is 0 Å². The molecule has 0 atom stereocenters. The van der Waals surface area contributed by atoms with Crippen LogP contribution in [0.25, 0.3) is 6.08 Å². The Hall–Kier alpha value is -2.50. The van der Waals surface area contributed by atoms with Crippen LogP contribution in [0, 0.1) is 0 Å². The number of piperazine rings is 1. The molecule has 1 aliphatic heterocycles. The molecule has 29 heavy (non-hydrogen) atoms. The number of carbonyl (C=O) groups is 2. The molecule has 152 valence electrons. The van der Waals surface area contributed by atoms with Crippen LogP contribution < -0.4 is 10.2 Å². The van der Waals surface area contributed by atoms with E-state index >= 15 is 0 Å². The molecule has 5 nitrogen and oxygen atoms in total. The van der Waals surface area contributed by atoms with E-state index in [-0.39, 0.29) is 11.8 Å². The SMILES string of the molecule is CCC(=O)N1CCN(c2ccc(NC(=O)/C=C/c3ccc(Cl)cc3Cl)cc2)CC1. The van der Waals surface area contributed by atoms with Crippen LogP contribution in [0.3, 0.4) is 0 Å². The highest BCUT2D eigenvalue weighted by atomic mass is 35.5. The van der Waals surface area contributed by atoms with Gasteiger partial charge in [-0.15, -0.1) is 0 Å². The van der Waals surface area contributed by atoms with E-state index in [1.165, 1.54) is 6.08 Å². The largest absolute Gasteiger partial charge is 0.368 e. The van der Waals surface area contributed by atoms with Crippen molar-refractivity contribution in [1.29, 1.82) is 0 Å². The zero-order chi connectivity index (χ0) is 20.8. The normalized spacial score (nSPS) is 14.3. The Kier molecular flexibility index (Phi) is 7.18. The van der Waals surface area contributed by atoms with Crippen molar-refractivity contribution in [2.45, 2.75) is 13.3 Å². The summed E-state index contributed by atoms with van der Waals surface area (Å²) in [5.41, 5.74) is 2.52. The fourth-order valence-electron chi connectivity index (χ4n) is 3.18. The molecule has 2 amide bonds. The highest BCUT2D eigenvalue weighted by molar-refractivity contribution is 6.35. The summed E-state index contributed by atoms with van der Waals surface area (Å²) >= 11 is 12.0. The molecule has 0 spiro atoms. The van der Waals surface area contributed by atoms with Crippen LogP contribution >= 0.6 is 23.2 Å². The van der Waals surface area contributed by atoms with Gasteiger partial charge in [0.05, 0.1) is 0 Å². The van der Waals surface area contributed by atoms with Crippen LogP contribution in [0.4, 0.5) is 11.4 Å². The van der Waals surface area contributed by atoms with Crippen LogP contribution in [0.2, 0.25) is 10.0 Å². The highest BCUT2D eigenvalue weighted by Crippen LogP contribution is 2.22. The first-order chi connectivity index (χ1) is 14.0. The molecule has 1 fully saturated rings. The van der Waals surface area contributed by atoms with Crippen LogP contribution in [0.15, 0.2) is 48.5 Å². The molecule has 1 aliphatic rings. The van der Waals surface area contributed by atoms with E-state index in [4.69, 9.17) is 23.2 Å². The fourth-order valence-corrected chi connectivity index (χ4v) is 3.65. The first-order valence-electron chi connectivity index (χ1n) is 9.53. The summed E-state index contributed by atoms with van der Waals surface area (Å²) in [6.45, 7) is 4.98. The molecular formula is C22H23Cl2N3O2. The number of hydrogen-bond acceptors (Lipinski definition) is 3. The summed E-state index contributed by atoms with van der Waals surface area (Å²) in [5, 5.41) is 3.88. The number of hydrogen-bond donors (Lipinski definition) is 1. The van der Waals surface area contributed by atoms with E-state index in [9.17, 15) is 9.59 Å². The van der Waals surface area contributed by atoms with Gasteiger partial charge in [0, 0.05) is 60.1 Å². The number of halogens is 2. The molecule has 2 aromatic carbocycles. The zero-order valence-electron chi connectivity index (χ0n) is 16.2. The van der Waals surface area contributed by atoms with E-state index in [1.807, 2.05) is 36.1 Å². The Labute approximate surface area is 180 Å². The second-order valence-electron chi connectivity index (χ2n) is 6.76. The molecule has 0 aromatic heterocycles. The van der Waals surface area contributed by atoms with Crippen molar-refractivity contribution in [1.82, 2.24) is 4.90 Å². The third kappa shape index (κ3) is 5.75. The number of nitrogens with one attached hydrogen (secondary N) is 1. The van der Waals surface area contributed by atoms with Gasteiger partial charge in [0.1, 0.15) is 0 Å². The lowest BCUT2D eigenvalue weighted by Gasteiger charge is -2.36. The van der Waals surface area contributed by atoms with Crippen LogP contribution in [-0.2, 0) is 9.59 Å². The number of amides is 2. The van der Waals surface area contributed by atoms with Gasteiger partial charge in [-0.1, -0.05) is 36.2 Å². The summed E-state index contributed by atoms with van der Waals surface area (Å²) in [6, 6.07) is 12.8. The average Bonchev–Trinajstić information content (AvgIpc) is 2.73. The van der Waals surface area contributed by atoms with Gasteiger partial charge >= 0.3 is 0 Å². The second-order valence-corrected chi connectivity index (χ2v) is 7.60. The molecule has 1 heterocycles. The quantitative estimate of drug-likeness (QED) is 0.697. The van der Waals surface area contributed by atoms with Gasteiger partial charge in [0.25, 0.3) is 0 Å². The van der Waals surface area contributed by atoms with E-state index in [0.717, 1.165) is 37.4 Å². The topological polar surface area (TPSA) is 52.7 Å². The third-order valence-corrected chi connectivity index (χ3v) is 5.37. The zero-order valence-corrected chi connectivity index (χ0v) is 17.7. The predicted octanol–water partition coefficient (Wildman–Crippen LogP) is 4.70. The van der Waals surface area contributed by atoms with Gasteiger partial charge < -0.3 is 15.1 Å². The van der Waals surface area contributed by atoms with Crippen molar-refractivity contribution in [2.75, 3.05) is 36.4 Å². The Morgan fingerprint density at radius 2 is 1.72 bits per heavy atom. The number of rotatable bonds is 5.